The van der Waals surface area contributed by atoms with Crippen LogP contribution < -0.4 is 4.74 Å². The smallest absolute Gasteiger partial charge is 0.131 e. The van der Waals surface area contributed by atoms with Gasteiger partial charge in [-0.05, 0) is 6.92 Å². The molecular formula is C11H14O2. The Kier molecular flexibility index (Phi) is 3.53. The summed E-state index contributed by atoms with van der Waals surface area (Å²) in [6, 6.07) is 5.64. The second kappa shape index (κ2) is 4.67. The number of hydrogen-bond acceptors (Lipinski definition) is 2. The standard InChI is InChI=1S/C11H14O2/c1-3-9-6-5-7-10(8-12)11(9)13-4-2/h3,5-7,12H,1,4,8H2,2H3. The summed E-state index contributed by atoms with van der Waals surface area (Å²) in [5.74, 6) is 0.738. The highest BCUT2D eigenvalue weighted by Gasteiger charge is 2.05. The first-order chi connectivity index (χ1) is 6.33. The molecule has 1 aromatic rings. The van der Waals surface area contributed by atoms with E-state index in [-0.39, 0.29) is 6.61 Å². The lowest BCUT2D eigenvalue weighted by Crippen LogP contribution is -1.98. The molecule has 0 saturated heterocycles. The Balaban J connectivity index is 3.12. The molecule has 0 aliphatic rings. The van der Waals surface area contributed by atoms with Gasteiger partial charge >= 0.3 is 0 Å². The summed E-state index contributed by atoms with van der Waals surface area (Å²) in [5, 5.41) is 9.05. The summed E-state index contributed by atoms with van der Waals surface area (Å²) < 4.78 is 5.42. The van der Waals surface area contributed by atoms with Crippen LogP contribution in [0, 0.1) is 0 Å². The molecule has 2 heteroatoms. The Morgan fingerprint density at radius 3 is 2.85 bits per heavy atom. The summed E-state index contributed by atoms with van der Waals surface area (Å²) in [6.07, 6.45) is 1.73. The van der Waals surface area contributed by atoms with Gasteiger partial charge in [-0.1, -0.05) is 30.9 Å². The predicted octanol–water partition coefficient (Wildman–Crippen LogP) is 2.22. The molecule has 0 amide bonds. The van der Waals surface area contributed by atoms with Crippen LogP contribution in [0.5, 0.6) is 5.75 Å². The summed E-state index contributed by atoms with van der Waals surface area (Å²) >= 11 is 0. The molecule has 0 radical (unpaired) electrons. The highest BCUT2D eigenvalue weighted by molar-refractivity contribution is 5.58. The largest absolute Gasteiger partial charge is 0.493 e. The Morgan fingerprint density at radius 2 is 2.31 bits per heavy atom. The van der Waals surface area contributed by atoms with Gasteiger partial charge in [-0.25, -0.2) is 0 Å². The first kappa shape index (κ1) is 9.81. The average molecular weight is 178 g/mol. The van der Waals surface area contributed by atoms with Crippen molar-refractivity contribution < 1.29 is 9.84 Å². The van der Waals surface area contributed by atoms with Crippen LogP contribution in [0.2, 0.25) is 0 Å². The van der Waals surface area contributed by atoms with Crippen LogP contribution in [0.3, 0.4) is 0 Å². The number of hydrogen-bond donors (Lipinski definition) is 1. The van der Waals surface area contributed by atoms with Gasteiger partial charge in [-0.15, -0.1) is 0 Å². The highest BCUT2D eigenvalue weighted by Crippen LogP contribution is 2.24. The summed E-state index contributed by atoms with van der Waals surface area (Å²) in [7, 11) is 0. The molecule has 0 heterocycles. The van der Waals surface area contributed by atoms with Crippen molar-refractivity contribution in [3.05, 3.63) is 35.9 Å². The van der Waals surface area contributed by atoms with Gasteiger partial charge in [0, 0.05) is 11.1 Å². The van der Waals surface area contributed by atoms with E-state index in [2.05, 4.69) is 6.58 Å². The molecule has 0 aliphatic carbocycles. The second-order valence-corrected chi connectivity index (χ2v) is 2.63. The van der Waals surface area contributed by atoms with Crippen LogP contribution in [0.15, 0.2) is 24.8 Å². The predicted molar refractivity (Wildman–Crippen MR) is 53.6 cm³/mol. The molecule has 0 spiro atoms. The topological polar surface area (TPSA) is 29.5 Å². The number of para-hydroxylation sites is 1. The van der Waals surface area contributed by atoms with Crippen LogP contribution >= 0.6 is 0 Å². The molecule has 0 saturated carbocycles. The van der Waals surface area contributed by atoms with Crippen molar-refractivity contribution in [3.63, 3.8) is 0 Å². The fourth-order valence-electron chi connectivity index (χ4n) is 1.21. The van der Waals surface area contributed by atoms with E-state index in [9.17, 15) is 0 Å². The van der Waals surface area contributed by atoms with E-state index >= 15 is 0 Å². The minimum atomic E-state index is -0.00296. The molecular weight excluding hydrogens is 164 g/mol. The Bertz CT molecular complexity index is 292. The molecule has 13 heavy (non-hydrogen) atoms. The zero-order valence-electron chi connectivity index (χ0n) is 7.79. The Labute approximate surface area is 78.5 Å². The highest BCUT2D eigenvalue weighted by atomic mass is 16.5. The van der Waals surface area contributed by atoms with Crippen molar-refractivity contribution >= 4 is 6.08 Å². The summed E-state index contributed by atoms with van der Waals surface area (Å²) in [6.45, 7) is 6.20. The van der Waals surface area contributed by atoms with E-state index in [1.54, 1.807) is 6.08 Å². The van der Waals surface area contributed by atoms with Crippen LogP contribution in [0.25, 0.3) is 6.08 Å². The van der Waals surface area contributed by atoms with E-state index < -0.39 is 0 Å². The number of aliphatic hydroxyl groups excluding tert-OH is 1. The Morgan fingerprint density at radius 1 is 1.54 bits per heavy atom. The first-order valence-electron chi connectivity index (χ1n) is 4.31. The maximum atomic E-state index is 9.05. The molecule has 0 bridgehead atoms. The van der Waals surface area contributed by atoms with Crippen molar-refractivity contribution in [1.82, 2.24) is 0 Å². The van der Waals surface area contributed by atoms with Crippen molar-refractivity contribution in [1.29, 1.82) is 0 Å². The number of rotatable bonds is 4. The first-order valence-corrected chi connectivity index (χ1v) is 4.31. The molecule has 0 atom stereocenters. The fraction of sp³-hybridized carbons (Fsp3) is 0.273. The third-order valence-electron chi connectivity index (χ3n) is 1.81. The van der Waals surface area contributed by atoms with Gasteiger partial charge in [-0.3, -0.25) is 0 Å². The zero-order chi connectivity index (χ0) is 9.68. The maximum absolute atomic E-state index is 9.05. The lowest BCUT2D eigenvalue weighted by atomic mass is 10.1. The summed E-state index contributed by atoms with van der Waals surface area (Å²) in [4.78, 5) is 0. The lowest BCUT2D eigenvalue weighted by molar-refractivity contribution is 0.267. The van der Waals surface area contributed by atoms with Gasteiger partial charge in [0.1, 0.15) is 5.75 Å². The molecule has 1 N–H and O–H groups in total. The van der Waals surface area contributed by atoms with E-state index in [1.165, 1.54) is 0 Å². The number of aliphatic hydroxyl groups is 1. The molecule has 0 aliphatic heterocycles. The van der Waals surface area contributed by atoms with E-state index in [1.807, 2.05) is 25.1 Å². The van der Waals surface area contributed by atoms with Gasteiger partial charge in [0.05, 0.1) is 13.2 Å². The SMILES string of the molecule is C=Cc1cccc(CO)c1OCC. The molecule has 1 aromatic carbocycles. The van der Waals surface area contributed by atoms with Gasteiger partial charge in [-0.2, -0.15) is 0 Å². The fourth-order valence-corrected chi connectivity index (χ4v) is 1.21. The second-order valence-electron chi connectivity index (χ2n) is 2.63. The van der Waals surface area contributed by atoms with Gasteiger partial charge in [0.2, 0.25) is 0 Å². The van der Waals surface area contributed by atoms with E-state index in [0.29, 0.717) is 6.61 Å². The molecule has 1 rings (SSSR count). The zero-order valence-corrected chi connectivity index (χ0v) is 7.79. The molecule has 0 unspecified atom stereocenters. The monoisotopic (exact) mass is 178 g/mol. The minimum Gasteiger partial charge on any atom is -0.493 e. The average Bonchev–Trinajstić information content (AvgIpc) is 2.18. The Hall–Kier alpha value is -1.28. The lowest BCUT2D eigenvalue weighted by Gasteiger charge is -2.10. The minimum absolute atomic E-state index is 0.00296. The molecule has 0 aromatic heterocycles. The third kappa shape index (κ3) is 2.10. The maximum Gasteiger partial charge on any atom is 0.131 e. The van der Waals surface area contributed by atoms with E-state index in [0.717, 1.165) is 16.9 Å². The normalized spacial score (nSPS) is 9.69. The van der Waals surface area contributed by atoms with Crippen molar-refractivity contribution in [3.8, 4) is 5.75 Å². The molecule has 0 fully saturated rings. The quantitative estimate of drug-likeness (QED) is 0.766. The van der Waals surface area contributed by atoms with Crippen molar-refractivity contribution in [2.24, 2.45) is 0 Å². The number of benzene rings is 1. The van der Waals surface area contributed by atoms with Gasteiger partial charge in [0.25, 0.3) is 0 Å². The van der Waals surface area contributed by atoms with Crippen LogP contribution in [-0.2, 0) is 6.61 Å². The molecule has 70 valence electrons. The van der Waals surface area contributed by atoms with Crippen molar-refractivity contribution in [2.75, 3.05) is 6.61 Å². The van der Waals surface area contributed by atoms with Gasteiger partial charge < -0.3 is 9.84 Å². The summed E-state index contributed by atoms with van der Waals surface area (Å²) in [5.41, 5.74) is 1.73. The third-order valence-corrected chi connectivity index (χ3v) is 1.81. The van der Waals surface area contributed by atoms with Crippen molar-refractivity contribution in [2.45, 2.75) is 13.5 Å². The van der Waals surface area contributed by atoms with Gasteiger partial charge in [0.15, 0.2) is 0 Å². The van der Waals surface area contributed by atoms with Crippen LogP contribution in [0.4, 0.5) is 0 Å². The van der Waals surface area contributed by atoms with E-state index in [4.69, 9.17) is 9.84 Å². The van der Waals surface area contributed by atoms with Crippen LogP contribution in [0.1, 0.15) is 18.1 Å². The molecule has 2 nitrogen and oxygen atoms in total. The number of ether oxygens (including phenoxy) is 1. The van der Waals surface area contributed by atoms with Crippen LogP contribution in [-0.4, -0.2) is 11.7 Å².